The van der Waals surface area contributed by atoms with Crippen LogP contribution in [0.5, 0.6) is 0 Å². The highest BCUT2D eigenvalue weighted by Gasteiger charge is 2.14. The lowest BCUT2D eigenvalue weighted by Gasteiger charge is -2.13. The molecule has 0 aliphatic rings. The second kappa shape index (κ2) is 9.38. The average Bonchev–Trinajstić information content (AvgIpc) is 2.30. The van der Waals surface area contributed by atoms with Crippen LogP contribution >= 0.6 is 11.6 Å². The molecule has 7 heteroatoms. The summed E-state index contributed by atoms with van der Waals surface area (Å²) in [5, 5.41) is 4.80. The van der Waals surface area contributed by atoms with Crippen molar-refractivity contribution in [1.29, 1.82) is 0 Å². The third kappa shape index (κ3) is 6.60. The largest absolute Gasteiger partial charge is 0.354 e. The number of ether oxygens (including phenoxy) is 2. The number of carbonyl (C=O) groups excluding carboxylic acids is 2. The molecule has 0 radical (unpaired) electrons. The van der Waals surface area contributed by atoms with E-state index in [2.05, 4.69) is 10.6 Å². The Labute approximate surface area is 99.6 Å². The average molecular weight is 253 g/mol. The number of halogens is 1. The molecule has 0 atom stereocenters. The van der Waals surface area contributed by atoms with Crippen LogP contribution in [0.15, 0.2) is 0 Å². The van der Waals surface area contributed by atoms with Gasteiger partial charge in [-0.2, -0.15) is 0 Å². The molecular formula is C9H17ClN2O4. The van der Waals surface area contributed by atoms with E-state index in [0.29, 0.717) is 18.8 Å². The van der Waals surface area contributed by atoms with Crippen LogP contribution in [0.3, 0.4) is 0 Å². The van der Waals surface area contributed by atoms with Crippen LogP contribution in [-0.4, -0.2) is 51.3 Å². The van der Waals surface area contributed by atoms with Gasteiger partial charge in [0.2, 0.25) is 0 Å². The number of carbonyl (C=O) groups is 2. The van der Waals surface area contributed by atoms with Crippen molar-refractivity contribution >= 4 is 23.4 Å². The fourth-order valence-electron chi connectivity index (χ4n) is 0.868. The molecule has 0 saturated carbocycles. The second-order valence-electron chi connectivity index (χ2n) is 2.91. The van der Waals surface area contributed by atoms with Gasteiger partial charge in [0.15, 0.2) is 6.29 Å². The fourth-order valence-corrected chi connectivity index (χ4v) is 1.00. The Hall–Kier alpha value is -0.850. The fraction of sp³-hybridized carbons (Fsp3) is 0.778. The van der Waals surface area contributed by atoms with Crippen molar-refractivity contribution in [2.24, 2.45) is 0 Å². The van der Waals surface area contributed by atoms with Gasteiger partial charge in [0.1, 0.15) is 0 Å². The summed E-state index contributed by atoms with van der Waals surface area (Å²) in [6, 6.07) is 0. The van der Waals surface area contributed by atoms with Crippen molar-refractivity contribution in [3.8, 4) is 0 Å². The van der Waals surface area contributed by atoms with Gasteiger partial charge in [0.25, 0.3) is 0 Å². The Bertz CT molecular complexity index is 222. The molecule has 0 fully saturated rings. The predicted molar refractivity (Wildman–Crippen MR) is 59.2 cm³/mol. The van der Waals surface area contributed by atoms with E-state index in [4.69, 9.17) is 21.1 Å². The van der Waals surface area contributed by atoms with Gasteiger partial charge in [0, 0.05) is 26.6 Å². The van der Waals surface area contributed by atoms with E-state index in [1.54, 1.807) is 0 Å². The number of amides is 2. The number of nitrogens with one attached hydrogen (secondary N) is 2. The van der Waals surface area contributed by atoms with E-state index in [1.165, 1.54) is 14.2 Å². The monoisotopic (exact) mass is 252 g/mol. The van der Waals surface area contributed by atoms with Crippen LogP contribution in [0, 0.1) is 0 Å². The molecule has 0 aliphatic carbocycles. The lowest BCUT2D eigenvalue weighted by Crippen LogP contribution is -2.43. The summed E-state index contributed by atoms with van der Waals surface area (Å²) < 4.78 is 9.68. The first-order chi connectivity index (χ1) is 7.65. The van der Waals surface area contributed by atoms with Crippen LogP contribution in [-0.2, 0) is 19.1 Å². The maximum atomic E-state index is 11.2. The zero-order valence-electron chi connectivity index (χ0n) is 9.42. The molecule has 2 amide bonds. The van der Waals surface area contributed by atoms with E-state index in [9.17, 15) is 9.59 Å². The molecule has 0 aromatic carbocycles. The van der Waals surface area contributed by atoms with Gasteiger partial charge in [-0.25, -0.2) is 0 Å². The zero-order chi connectivity index (χ0) is 12.4. The molecule has 0 aliphatic heterocycles. The summed E-state index contributed by atoms with van der Waals surface area (Å²) in [5.74, 6) is -0.957. The highest BCUT2D eigenvalue weighted by Crippen LogP contribution is 1.87. The summed E-state index contributed by atoms with van der Waals surface area (Å²) in [6.07, 6.45) is 0.0684. The third-order valence-corrected chi connectivity index (χ3v) is 2.02. The highest BCUT2D eigenvalue weighted by molar-refractivity contribution is 6.35. The third-order valence-electron chi connectivity index (χ3n) is 1.76. The van der Waals surface area contributed by atoms with Gasteiger partial charge in [-0.3, -0.25) is 9.59 Å². The Balaban J connectivity index is 3.74. The molecular weight excluding hydrogens is 236 g/mol. The molecule has 0 rings (SSSR count). The SMILES string of the molecule is COC(CNC(=O)C(=O)NCCCCl)OC. The normalized spacial score (nSPS) is 10.2. The van der Waals surface area contributed by atoms with E-state index in [-0.39, 0.29) is 6.54 Å². The van der Waals surface area contributed by atoms with Crippen molar-refractivity contribution in [3.63, 3.8) is 0 Å². The minimum absolute atomic E-state index is 0.120. The molecule has 6 nitrogen and oxygen atoms in total. The molecule has 0 bridgehead atoms. The zero-order valence-corrected chi connectivity index (χ0v) is 10.2. The van der Waals surface area contributed by atoms with Crippen LogP contribution in [0.1, 0.15) is 6.42 Å². The van der Waals surface area contributed by atoms with Crippen molar-refractivity contribution < 1.29 is 19.1 Å². The van der Waals surface area contributed by atoms with Crippen LogP contribution in [0.25, 0.3) is 0 Å². The Morgan fingerprint density at radius 3 is 2.25 bits per heavy atom. The lowest BCUT2D eigenvalue weighted by atomic mass is 10.4. The maximum absolute atomic E-state index is 11.2. The number of methoxy groups -OCH3 is 2. The summed E-state index contributed by atoms with van der Waals surface area (Å²) in [7, 11) is 2.89. The number of hydrogen-bond donors (Lipinski definition) is 2. The summed E-state index contributed by atoms with van der Waals surface area (Å²) in [4.78, 5) is 22.4. The van der Waals surface area contributed by atoms with Gasteiger partial charge in [-0.15, -0.1) is 11.6 Å². The van der Waals surface area contributed by atoms with Crippen molar-refractivity contribution in [2.75, 3.05) is 33.2 Å². The van der Waals surface area contributed by atoms with Crippen LogP contribution in [0.2, 0.25) is 0 Å². The van der Waals surface area contributed by atoms with Crippen molar-refractivity contribution in [2.45, 2.75) is 12.7 Å². The van der Waals surface area contributed by atoms with E-state index in [0.717, 1.165) is 0 Å². The first-order valence-corrected chi connectivity index (χ1v) is 5.36. The second-order valence-corrected chi connectivity index (χ2v) is 3.29. The first kappa shape index (κ1) is 15.2. The Kier molecular flexibility index (Phi) is 8.88. The lowest BCUT2D eigenvalue weighted by molar-refractivity contribution is -0.141. The smallest absolute Gasteiger partial charge is 0.309 e. The molecule has 0 heterocycles. The van der Waals surface area contributed by atoms with Gasteiger partial charge in [-0.1, -0.05) is 0 Å². The topological polar surface area (TPSA) is 76.7 Å². The van der Waals surface area contributed by atoms with Gasteiger partial charge in [-0.05, 0) is 6.42 Å². The Morgan fingerprint density at radius 1 is 1.19 bits per heavy atom. The van der Waals surface area contributed by atoms with Crippen LogP contribution in [0.4, 0.5) is 0 Å². The summed E-state index contributed by atoms with van der Waals surface area (Å²) in [6.45, 7) is 0.502. The van der Waals surface area contributed by atoms with Crippen LogP contribution < -0.4 is 10.6 Å². The number of hydrogen-bond acceptors (Lipinski definition) is 4. The number of rotatable bonds is 7. The molecule has 0 spiro atoms. The standard InChI is InChI=1S/C9H17ClN2O4/c1-15-7(16-2)6-12-9(14)8(13)11-5-3-4-10/h7H,3-6H2,1-2H3,(H,11,13)(H,12,14). The summed E-state index contributed by atoms with van der Waals surface area (Å²) >= 11 is 5.42. The van der Waals surface area contributed by atoms with E-state index >= 15 is 0 Å². The predicted octanol–water partition coefficient (Wildman–Crippen LogP) is -0.533. The Morgan fingerprint density at radius 2 is 1.75 bits per heavy atom. The first-order valence-electron chi connectivity index (χ1n) is 4.83. The van der Waals surface area contributed by atoms with Gasteiger partial charge < -0.3 is 20.1 Å². The minimum Gasteiger partial charge on any atom is -0.354 e. The van der Waals surface area contributed by atoms with E-state index in [1.807, 2.05) is 0 Å². The maximum Gasteiger partial charge on any atom is 0.309 e. The van der Waals surface area contributed by atoms with Gasteiger partial charge >= 0.3 is 11.8 Å². The molecule has 0 saturated heterocycles. The molecule has 16 heavy (non-hydrogen) atoms. The van der Waals surface area contributed by atoms with Gasteiger partial charge in [0.05, 0.1) is 6.54 Å². The van der Waals surface area contributed by atoms with E-state index < -0.39 is 18.1 Å². The van der Waals surface area contributed by atoms with Crippen molar-refractivity contribution in [1.82, 2.24) is 10.6 Å². The molecule has 0 aromatic rings. The molecule has 0 aromatic heterocycles. The summed E-state index contributed by atoms with van der Waals surface area (Å²) in [5.41, 5.74) is 0. The minimum atomic E-state index is -0.714. The molecule has 94 valence electrons. The van der Waals surface area contributed by atoms with Crippen molar-refractivity contribution in [3.05, 3.63) is 0 Å². The highest BCUT2D eigenvalue weighted by atomic mass is 35.5. The quantitative estimate of drug-likeness (QED) is 0.276. The molecule has 0 unspecified atom stereocenters. The molecule has 2 N–H and O–H groups in total. The number of alkyl halides is 1.